The van der Waals surface area contributed by atoms with E-state index in [9.17, 15) is 4.79 Å². The lowest BCUT2D eigenvalue weighted by Crippen LogP contribution is -2.42. The topological polar surface area (TPSA) is 39.3 Å². The number of hydrogen-bond acceptors (Lipinski definition) is 2. The minimum Gasteiger partial charge on any atom is -0.271 e. The average Bonchev–Trinajstić information content (AvgIpc) is 3.14. The standard InChI is InChI=1S/C20H19N3O/c1-3-20(16-10-6-4-7-11-16,17-12-8-5-9-13-17)19(24)23-18-14-22(23)15(2)21-18/h4-14H,3H2,1-2H3. The fraction of sp³-hybridized carbons (Fsp3) is 0.200. The van der Waals surface area contributed by atoms with Crippen molar-refractivity contribution in [2.45, 2.75) is 25.7 Å². The lowest BCUT2D eigenvalue weighted by Gasteiger charge is -2.33. The number of rotatable bonds is 4. The van der Waals surface area contributed by atoms with E-state index in [2.05, 4.69) is 11.9 Å². The fourth-order valence-electron chi connectivity index (χ4n) is 3.61. The summed E-state index contributed by atoms with van der Waals surface area (Å²) in [5, 5.41) is 0. The largest absolute Gasteiger partial charge is 0.271 e. The van der Waals surface area contributed by atoms with Crippen molar-refractivity contribution in [3.05, 3.63) is 83.8 Å². The number of imidazole rings is 1. The second-order valence-corrected chi connectivity index (χ2v) is 6.10. The molecule has 5 aromatic rings. The first-order chi connectivity index (χ1) is 11.7. The minimum atomic E-state index is -0.722. The van der Waals surface area contributed by atoms with Crippen LogP contribution in [0.1, 0.15) is 35.1 Å². The van der Waals surface area contributed by atoms with Gasteiger partial charge in [-0.1, -0.05) is 67.6 Å². The zero-order valence-corrected chi connectivity index (χ0v) is 13.8. The molecular weight excluding hydrogens is 298 g/mol. The summed E-state index contributed by atoms with van der Waals surface area (Å²) in [6.07, 6.45) is 2.57. The van der Waals surface area contributed by atoms with Crippen molar-refractivity contribution in [2.75, 3.05) is 0 Å². The number of nitrogens with zero attached hydrogens (tertiary/aromatic N) is 3. The second kappa shape index (κ2) is 5.34. The van der Waals surface area contributed by atoms with Gasteiger partial charge in [-0.15, -0.1) is 0 Å². The normalized spacial score (nSPS) is 12.1. The van der Waals surface area contributed by atoms with Crippen LogP contribution in [0.3, 0.4) is 0 Å². The maximum atomic E-state index is 13.7. The van der Waals surface area contributed by atoms with Crippen molar-refractivity contribution >= 4 is 11.6 Å². The molecule has 0 aliphatic carbocycles. The fourth-order valence-corrected chi connectivity index (χ4v) is 3.61. The first-order valence-corrected chi connectivity index (χ1v) is 8.20. The molecule has 0 fully saturated rings. The van der Waals surface area contributed by atoms with Gasteiger partial charge in [-0.3, -0.25) is 4.79 Å². The Morgan fingerprint density at radius 3 is 1.92 bits per heavy atom. The molecule has 24 heavy (non-hydrogen) atoms. The quantitative estimate of drug-likeness (QED) is 0.572. The Hall–Kier alpha value is -2.88. The van der Waals surface area contributed by atoms with Crippen LogP contribution in [0.5, 0.6) is 0 Å². The smallest absolute Gasteiger partial charge is 0.262 e. The molecule has 2 bridgehead atoms. The van der Waals surface area contributed by atoms with Gasteiger partial charge in [-0.25, -0.2) is 9.50 Å². The van der Waals surface area contributed by atoms with Gasteiger partial charge in [0.05, 0.1) is 6.20 Å². The highest BCUT2D eigenvalue weighted by atomic mass is 16.2. The van der Waals surface area contributed by atoms with E-state index in [0.717, 1.165) is 22.6 Å². The van der Waals surface area contributed by atoms with E-state index >= 15 is 0 Å². The Kier molecular flexibility index (Phi) is 3.27. The van der Waals surface area contributed by atoms with Gasteiger partial charge in [0.15, 0.2) is 5.65 Å². The van der Waals surface area contributed by atoms with Crippen molar-refractivity contribution in [3.63, 3.8) is 0 Å². The lowest BCUT2D eigenvalue weighted by molar-refractivity contribution is 0.0797. The summed E-state index contributed by atoms with van der Waals surface area (Å²) < 4.78 is 3.52. The molecule has 0 saturated heterocycles. The molecule has 0 radical (unpaired) electrons. The van der Waals surface area contributed by atoms with E-state index in [-0.39, 0.29) is 5.91 Å². The number of fused-ring (bicyclic) bond motifs is 1. The Morgan fingerprint density at radius 1 is 1.00 bits per heavy atom. The molecule has 3 aromatic heterocycles. The van der Waals surface area contributed by atoms with E-state index in [1.165, 1.54) is 0 Å². The third-order valence-electron chi connectivity index (χ3n) is 4.90. The summed E-state index contributed by atoms with van der Waals surface area (Å²) in [4.78, 5) is 18.1. The Morgan fingerprint density at radius 2 is 1.54 bits per heavy atom. The van der Waals surface area contributed by atoms with Crippen LogP contribution in [-0.2, 0) is 5.41 Å². The summed E-state index contributed by atoms with van der Waals surface area (Å²) in [5.74, 6) is 0.880. The van der Waals surface area contributed by atoms with Gasteiger partial charge >= 0.3 is 0 Å². The van der Waals surface area contributed by atoms with Crippen molar-refractivity contribution in [1.29, 1.82) is 0 Å². The zero-order valence-electron chi connectivity index (χ0n) is 13.8. The van der Waals surface area contributed by atoms with Crippen LogP contribution in [0.4, 0.5) is 0 Å². The third kappa shape index (κ3) is 1.86. The van der Waals surface area contributed by atoms with Crippen LogP contribution in [0.15, 0.2) is 66.9 Å². The number of aromatic nitrogens is 3. The number of carbonyl (C=O) groups is 1. The van der Waals surface area contributed by atoms with E-state index < -0.39 is 5.41 Å². The number of hydrogen-bond donors (Lipinski definition) is 0. The molecule has 0 N–H and O–H groups in total. The maximum Gasteiger partial charge on any atom is 0.262 e. The van der Waals surface area contributed by atoms with Gasteiger partial charge in [0, 0.05) is 0 Å². The van der Waals surface area contributed by atoms with E-state index in [4.69, 9.17) is 0 Å². The molecule has 0 saturated carbocycles. The SMILES string of the molecule is CCC(C(=O)n1c2cn1c(C)n2)(c1ccccc1)c1ccccc1. The molecule has 0 aliphatic rings. The van der Waals surface area contributed by atoms with E-state index in [1.807, 2.05) is 78.3 Å². The van der Waals surface area contributed by atoms with Crippen LogP contribution in [0.25, 0.3) is 5.65 Å². The molecule has 2 aromatic carbocycles. The summed E-state index contributed by atoms with van der Waals surface area (Å²) in [6.45, 7) is 3.98. The molecule has 0 aliphatic heterocycles. The highest BCUT2D eigenvalue weighted by molar-refractivity contribution is 5.96. The highest BCUT2D eigenvalue weighted by Gasteiger charge is 2.43. The Bertz CT molecular complexity index is 927. The Labute approximate surface area is 140 Å². The second-order valence-electron chi connectivity index (χ2n) is 6.10. The molecular formula is C20H19N3O. The first kappa shape index (κ1) is 14.7. The monoisotopic (exact) mass is 317 g/mol. The van der Waals surface area contributed by atoms with Crippen LogP contribution in [0.2, 0.25) is 0 Å². The molecule has 5 rings (SSSR count). The summed E-state index contributed by atoms with van der Waals surface area (Å²) in [7, 11) is 0. The number of benzene rings is 2. The average molecular weight is 317 g/mol. The highest BCUT2D eigenvalue weighted by Crippen LogP contribution is 2.38. The first-order valence-electron chi connectivity index (χ1n) is 8.20. The van der Waals surface area contributed by atoms with Crippen molar-refractivity contribution < 1.29 is 4.79 Å². The minimum absolute atomic E-state index is 0.0421. The van der Waals surface area contributed by atoms with Crippen molar-refractivity contribution in [1.82, 2.24) is 14.2 Å². The van der Waals surface area contributed by atoms with Gasteiger partial charge in [-0.2, -0.15) is 4.68 Å². The van der Waals surface area contributed by atoms with Gasteiger partial charge in [0.1, 0.15) is 11.2 Å². The van der Waals surface area contributed by atoms with Crippen molar-refractivity contribution in [2.24, 2.45) is 0 Å². The molecule has 0 atom stereocenters. The summed E-state index contributed by atoms with van der Waals surface area (Å²) in [5.41, 5.74) is 2.02. The van der Waals surface area contributed by atoms with Gasteiger partial charge in [-0.05, 0) is 24.5 Å². The summed E-state index contributed by atoms with van der Waals surface area (Å²) in [6, 6.07) is 20.0. The summed E-state index contributed by atoms with van der Waals surface area (Å²) >= 11 is 0. The van der Waals surface area contributed by atoms with Gasteiger partial charge in [0.2, 0.25) is 0 Å². The zero-order chi connectivity index (χ0) is 16.7. The molecule has 0 unspecified atom stereocenters. The van der Waals surface area contributed by atoms with Gasteiger partial charge in [0.25, 0.3) is 5.91 Å². The molecule has 120 valence electrons. The molecule has 0 amide bonds. The van der Waals surface area contributed by atoms with E-state index in [1.54, 1.807) is 4.68 Å². The predicted octanol–water partition coefficient (Wildman–Crippen LogP) is 3.92. The molecule has 3 heterocycles. The molecule has 4 nitrogen and oxygen atoms in total. The third-order valence-corrected chi connectivity index (χ3v) is 4.90. The van der Waals surface area contributed by atoms with Crippen LogP contribution < -0.4 is 0 Å². The number of aryl methyl sites for hydroxylation is 1. The van der Waals surface area contributed by atoms with Crippen LogP contribution in [0, 0.1) is 6.92 Å². The molecule has 4 heteroatoms. The Balaban J connectivity index is 1.96. The molecule has 0 spiro atoms. The number of carbonyl (C=O) groups excluding carboxylic acids is 1. The lowest BCUT2D eigenvalue weighted by atomic mass is 9.71. The van der Waals surface area contributed by atoms with Crippen LogP contribution >= 0.6 is 0 Å². The van der Waals surface area contributed by atoms with Gasteiger partial charge < -0.3 is 0 Å². The predicted molar refractivity (Wildman–Crippen MR) is 93.7 cm³/mol. The maximum absolute atomic E-state index is 13.7. The van der Waals surface area contributed by atoms with Crippen molar-refractivity contribution in [3.8, 4) is 0 Å². The van der Waals surface area contributed by atoms with Crippen LogP contribution in [-0.4, -0.2) is 20.1 Å². The van der Waals surface area contributed by atoms with E-state index in [0.29, 0.717) is 6.42 Å².